The first kappa shape index (κ1) is 18.2. The Kier molecular flexibility index (Phi) is 5.06. The van der Waals surface area contributed by atoms with Crippen molar-refractivity contribution in [2.45, 2.75) is 32.4 Å². The molecule has 0 spiro atoms. The number of carbonyl (C=O) groups excluding carboxylic acids is 2. The van der Waals surface area contributed by atoms with Crippen molar-refractivity contribution in [2.24, 2.45) is 0 Å². The molecule has 4 rings (SSSR count). The lowest BCUT2D eigenvalue weighted by Gasteiger charge is -2.33. The summed E-state index contributed by atoms with van der Waals surface area (Å²) in [6, 6.07) is 13.0. The van der Waals surface area contributed by atoms with E-state index in [1.807, 2.05) is 49.4 Å². The van der Waals surface area contributed by atoms with E-state index in [9.17, 15) is 9.59 Å². The van der Waals surface area contributed by atoms with Gasteiger partial charge in [-0.25, -0.2) is 0 Å². The average Bonchev–Trinajstić information content (AvgIpc) is 3.17. The Morgan fingerprint density at radius 2 is 1.89 bits per heavy atom. The van der Waals surface area contributed by atoms with Crippen LogP contribution in [0.15, 0.2) is 42.5 Å². The Balaban J connectivity index is 1.29. The summed E-state index contributed by atoms with van der Waals surface area (Å²) in [4.78, 5) is 26.6. The molecule has 0 aromatic heterocycles. The van der Waals surface area contributed by atoms with Crippen molar-refractivity contribution in [3.8, 4) is 17.2 Å². The van der Waals surface area contributed by atoms with Crippen LogP contribution in [0.5, 0.6) is 17.2 Å². The normalized spacial score (nSPS) is 16.9. The lowest BCUT2D eigenvalue weighted by Crippen LogP contribution is -2.42. The van der Waals surface area contributed by atoms with Gasteiger partial charge in [-0.3, -0.25) is 9.59 Å². The van der Waals surface area contributed by atoms with Gasteiger partial charge in [-0.05, 0) is 36.8 Å². The van der Waals surface area contributed by atoms with Gasteiger partial charge in [0.15, 0.2) is 11.5 Å². The number of nitrogens with one attached hydrogen (secondary N) is 1. The Hall–Kier alpha value is -3.22. The quantitative estimate of drug-likeness (QED) is 0.860. The molecule has 0 bridgehead atoms. The Labute approximate surface area is 163 Å². The number of ether oxygens (including phenoxy) is 3. The van der Waals surface area contributed by atoms with E-state index >= 15 is 0 Å². The number of anilines is 1. The fraction of sp³-hybridized carbons (Fsp3) is 0.333. The second-order valence-electron chi connectivity index (χ2n) is 6.86. The van der Waals surface area contributed by atoms with Gasteiger partial charge >= 0.3 is 0 Å². The number of rotatable bonds is 5. The molecule has 2 aromatic carbocycles. The van der Waals surface area contributed by atoms with Crippen LogP contribution in [0.2, 0.25) is 0 Å². The van der Waals surface area contributed by atoms with Crippen molar-refractivity contribution in [3.63, 3.8) is 0 Å². The molecular weight excluding hydrogens is 360 g/mol. The molecule has 0 fully saturated rings. The molecule has 1 unspecified atom stereocenters. The van der Waals surface area contributed by atoms with Gasteiger partial charge in [0.1, 0.15) is 11.9 Å². The van der Waals surface area contributed by atoms with Crippen LogP contribution in [0.3, 0.4) is 0 Å². The monoisotopic (exact) mass is 382 g/mol. The van der Waals surface area contributed by atoms with Crippen LogP contribution in [0.4, 0.5) is 5.69 Å². The molecule has 146 valence electrons. The summed E-state index contributed by atoms with van der Waals surface area (Å²) in [7, 11) is 0. The minimum Gasteiger partial charge on any atom is -0.487 e. The fourth-order valence-electron chi connectivity index (χ4n) is 3.32. The second kappa shape index (κ2) is 7.80. The molecule has 0 saturated heterocycles. The molecule has 1 atom stereocenters. The van der Waals surface area contributed by atoms with Gasteiger partial charge in [0.25, 0.3) is 0 Å². The second-order valence-corrected chi connectivity index (χ2v) is 6.86. The fourth-order valence-corrected chi connectivity index (χ4v) is 3.32. The summed E-state index contributed by atoms with van der Waals surface area (Å²) < 4.78 is 16.4. The minimum absolute atomic E-state index is 0.0826. The minimum atomic E-state index is -0.166. The molecule has 2 amide bonds. The molecule has 0 saturated carbocycles. The molecule has 0 aliphatic carbocycles. The van der Waals surface area contributed by atoms with Gasteiger partial charge in [-0.2, -0.15) is 0 Å². The largest absolute Gasteiger partial charge is 0.487 e. The zero-order valence-electron chi connectivity index (χ0n) is 15.6. The van der Waals surface area contributed by atoms with Crippen LogP contribution in [0, 0.1) is 0 Å². The van der Waals surface area contributed by atoms with Gasteiger partial charge in [-0.15, -0.1) is 0 Å². The highest BCUT2D eigenvalue weighted by molar-refractivity contribution is 5.97. The molecule has 2 aliphatic rings. The zero-order valence-corrected chi connectivity index (χ0v) is 15.6. The van der Waals surface area contributed by atoms with Crippen LogP contribution >= 0.6 is 0 Å². The lowest BCUT2D eigenvalue weighted by molar-refractivity contribution is -0.125. The van der Waals surface area contributed by atoms with Crippen molar-refractivity contribution in [3.05, 3.63) is 48.0 Å². The van der Waals surface area contributed by atoms with Crippen LogP contribution < -0.4 is 24.4 Å². The van der Waals surface area contributed by atoms with Gasteiger partial charge in [0.05, 0.1) is 12.2 Å². The predicted octanol–water partition coefficient (Wildman–Crippen LogP) is 2.63. The molecule has 0 radical (unpaired) electrons. The Morgan fingerprint density at radius 1 is 1.07 bits per heavy atom. The maximum atomic E-state index is 12.7. The van der Waals surface area contributed by atoms with E-state index in [0.29, 0.717) is 30.3 Å². The molecule has 7 nitrogen and oxygen atoms in total. The molecule has 2 aromatic rings. The first-order valence-corrected chi connectivity index (χ1v) is 9.31. The topological polar surface area (TPSA) is 77.1 Å². The van der Waals surface area contributed by atoms with Gasteiger partial charge in [-0.1, -0.05) is 18.2 Å². The number of hydrogen-bond acceptors (Lipinski definition) is 5. The summed E-state index contributed by atoms with van der Waals surface area (Å²) in [6.07, 6.45) is 0.199. The maximum absolute atomic E-state index is 12.7. The van der Waals surface area contributed by atoms with E-state index in [2.05, 4.69) is 5.32 Å². The van der Waals surface area contributed by atoms with Gasteiger partial charge in [0.2, 0.25) is 18.6 Å². The highest BCUT2D eigenvalue weighted by atomic mass is 16.7. The number of hydrogen-bond donors (Lipinski definition) is 1. The number of carbonyl (C=O) groups is 2. The Bertz CT molecular complexity index is 898. The van der Waals surface area contributed by atoms with Crippen molar-refractivity contribution in [1.29, 1.82) is 0 Å². The third-order valence-electron chi connectivity index (χ3n) is 4.72. The van der Waals surface area contributed by atoms with Crippen molar-refractivity contribution in [1.82, 2.24) is 5.32 Å². The smallest absolute Gasteiger partial charge is 0.231 e. The molecule has 2 aliphatic heterocycles. The summed E-state index contributed by atoms with van der Waals surface area (Å²) in [5.41, 5.74) is 1.67. The van der Waals surface area contributed by atoms with E-state index in [1.165, 1.54) is 0 Å². The molecule has 2 heterocycles. The van der Waals surface area contributed by atoms with Gasteiger partial charge < -0.3 is 24.4 Å². The standard InChI is InChI=1S/C21H22N2O5/c1-14-12-23(16-4-2-3-5-17(16)28-14)21(25)9-8-20(24)22-11-15-6-7-18-19(10-15)27-13-26-18/h2-7,10,14H,8-9,11-13H2,1H3,(H,22,24). The summed E-state index contributed by atoms with van der Waals surface area (Å²) in [6.45, 7) is 3.00. The Morgan fingerprint density at radius 3 is 2.79 bits per heavy atom. The van der Waals surface area contributed by atoms with Crippen LogP contribution in [0.25, 0.3) is 0 Å². The average molecular weight is 382 g/mol. The van der Waals surface area contributed by atoms with E-state index < -0.39 is 0 Å². The zero-order chi connectivity index (χ0) is 19.5. The third kappa shape index (κ3) is 3.88. The molecule has 28 heavy (non-hydrogen) atoms. The predicted molar refractivity (Wildman–Crippen MR) is 103 cm³/mol. The SMILES string of the molecule is CC1CN(C(=O)CCC(=O)NCc2ccc3c(c2)OCO3)c2ccccc2O1. The van der Waals surface area contributed by atoms with E-state index in [4.69, 9.17) is 14.2 Å². The molecule has 7 heteroatoms. The lowest BCUT2D eigenvalue weighted by atomic mass is 10.1. The van der Waals surface area contributed by atoms with E-state index in [1.54, 1.807) is 4.90 Å². The first-order chi connectivity index (χ1) is 13.6. The number of fused-ring (bicyclic) bond motifs is 2. The van der Waals surface area contributed by atoms with Crippen LogP contribution in [-0.2, 0) is 16.1 Å². The third-order valence-corrected chi connectivity index (χ3v) is 4.72. The van der Waals surface area contributed by atoms with Crippen LogP contribution in [0.1, 0.15) is 25.3 Å². The number of amides is 2. The molecular formula is C21H22N2O5. The number of benzene rings is 2. The van der Waals surface area contributed by atoms with Crippen molar-refractivity contribution in [2.75, 3.05) is 18.2 Å². The summed E-state index contributed by atoms with van der Waals surface area (Å²) in [5.74, 6) is 1.84. The maximum Gasteiger partial charge on any atom is 0.231 e. The van der Waals surface area contributed by atoms with Crippen LogP contribution in [-0.4, -0.2) is 31.3 Å². The number of nitrogens with zero attached hydrogens (tertiary/aromatic N) is 1. The number of para-hydroxylation sites is 2. The van der Waals surface area contributed by atoms with E-state index in [0.717, 1.165) is 11.3 Å². The highest BCUT2D eigenvalue weighted by Gasteiger charge is 2.27. The summed E-state index contributed by atoms with van der Waals surface area (Å²) >= 11 is 0. The highest BCUT2D eigenvalue weighted by Crippen LogP contribution is 2.34. The van der Waals surface area contributed by atoms with Crippen molar-refractivity contribution < 1.29 is 23.8 Å². The summed E-state index contributed by atoms with van der Waals surface area (Å²) in [5, 5.41) is 2.85. The molecule has 1 N–H and O–H groups in total. The first-order valence-electron chi connectivity index (χ1n) is 9.31. The van der Waals surface area contributed by atoms with Crippen molar-refractivity contribution >= 4 is 17.5 Å². The van der Waals surface area contributed by atoms with Gasteiger partial charge in [0, 0.05) is 19.4 Å². The van der Waals surface area contributed by atoms with E-state index in [-0.39, 0.29) is 37.6 Å².